The number of benzene rings is 2. The van der Waals surface area contributed by atoms with Gasteiger partial charge in [0.2, 0.25) is 0 Å². The van der Waals surface area contributed by atoms with Gasteiger partial charge in [0.15, 0.2) is 5.82 Å². The highest BCUT2D eigenvalue weighted by atomic mass is 16.2. The summed E-state index contributed by atoms with van der Waals surface area (Å²) in [6, 6.07) is 18.0. The fraction of sp³-hybridized carbons (Fsp3) is 0.280. The molecule has 2 aromatic heterocycles. The van der Waals surface area contributed by atoms with Crippen LogP contribution in [0.3, 0.4) is 0 Å². The van der Waals surface area contributed by atoms with Crippen LogP contribution < -0.4 is 10.2 Å². The van der Waals surface area contributed by atoms with Gasteiger partial charge < -0.3 is 15.1 Å². The predicted octanol–water partition coefficient (Wildman–Crippen LogP) is 4.09. The molecule has 1 N–H and O–H groups in total. The Hall–Kier alpha value is -3.94. The molecular weight excluding hydrogens is 414 g/mol. The van der Waals surface area contributed by atoms with E-state index in [9.17, 15) is 4.79 Å². The average molecular weight is 442 g/mol. The van der Waals surface area contributed by atoms with Crippen LogP contribution in [0.5, 0.6) is 0 Å². The molecule has 0 aliphatic carbocycles. The molecular formula is C25H27N7O. The summed E-state index contributed by atoms with van der Waals surface area (Å²) in [5.41, 5.74) is 2.80. The molecule has 8 heteroatoms. The van der Waals surface area contributed by atoms with Gasteiger partial charge in [-0.2, -0.15) is 5.10 Å². The summed E-state index contributed by atoms with van der Waals surface area (Å²) in [7, 11) is 0. The Morgan fingerprint density at radius 3 is 2.30 bits per heavy atom. The number of hydrogen-bond acceptors (Lipinski definition) is 5. The molecule has 168 valence electrons. The lowest BCUT2D eigenvalue weighted by Crippen LogP contribution is -2.50. The second-order valence-electron chi connectivity index (χ2n) is 8.44. The van der Waals surface area contributed by atoms with Crippen LogP contribution in [-0.2, 0) is 0 Å². The number of fused-ring (bicyclic) bond motifs is 1. The van der Waals surface area contributed by atoms with Gasteiger partial charge in [-0.05, 0) is 49.7 Å². The molecule has 2 aromatic carbocycles. The van der Waals surface area contributed by atoms with E-state index < -0.39 is 0 Å². The van der Waals surface area contributed by atoms with E-state index >= 15 is 0 Å². The van der Waals surface area contributed by atoms with Crippen LogP contribution in [-0.4, -0.2) is 56.9 Å². The molecule has 0 unspecified atom stereocenters. The number of nitrogens with one attached hydrogen (secondary N) is 1. The molecule has 1 saturated heterocycles. The van der Waals surface area contributed by atoms with Crippen LogP contribution in [0.15, 0.2) is 54.6 Å². The van der Waals surface area contributed by atoms with Crippen molar-refractivity contribution in [1.29, 1.82) is 0 Å². The average Bonchev–Trinajstić information content (AvgIpc) is 3.16. The Labute approximate surface area is 192 Å². The van der Waals surface area contributed by atoms with Crippen LogP contribution in [0, 0.1) is 20.8 Å². The smallest absolute Gasteiger partial charge is 0.321 e. The molecule has 0 atom stereocenters. The van der Waals surface area contributed by atoms with Crippen molar-refractivity contribution in [2.24, 2.45) is 0 Å². The number of carbonyl (C=O) groups is 1. The van der Waals surface area contributed by atoms with Gasteiger partial charge in [-0.15, -0.1) is 0 Å². The van der Waals surface area contributed by atoms with Crippen LogP contribution in [0.4, 0.5) is 16.3 Å². The molecule has 0 bridgehead atoms. The number of carbonyl (C=O) groups excluding carboxylic acids is 1. The summed E-state index contributed by atoms with van der Waals surface area (Å²) in [4.78, 5) is 26.1. The zero-order chi connectivity index (χ0) is 22.9. The van der Waals surface area contributed by atoms with E-state index in [1.54, 1.807) is 0 Å². The van der Waals surface area contributed by atoms with Crippen LogP contribution >= 0.6 is 0 Å². The van der Waals surface area contributed by atoms with E-state index in [1.165, 1.54) is 0 Å². The van der Waals surface area contributed by atoms with Crippen molar-refractivity contribution < 1.29 is 4.79 Å². The molecule has 0 radical (unpaired) electrons. The fourth-order valence-corrected chi connectivity index (χ4v) is 4.28. The van der Waals surface area contributed by atoms with Gasteiger partial charge in [0.1, 0.15) is 11.6 Å². The van der Waals surface area contributed by atoms with Gasteiger partial charge >= 0.3 is 6.03 Å². The minimum atomic E-state index is -0.0767. The standard InChI is InChI=1S/C25H27N7O/c1-17-14-18(2)32(29-17)24-16-23(26-19(3)27-24)30-10-12-31(13-11-30)25(33)28-22-9-8-20-6-4-5-7-21(20)15-22/h4-9,14-16H,10-13H2,1-3H3,(H,28,33). The molecule has 8 nitrogen and oxygen atoms in total. The Kier molecular flexibility index (Phi) is 5.42. The number of hydrogen-bond donors (Lipinski definition) is 1. The maximum Gasteiger partial charge on any atom is 0.321 e. The van der Waals surface area contributed by atoms with E-state index in [-0.39, 0.29) is 6.03 Å². The normalized spacial score (nSPS) is 14.0. The van der Waals surface area contributed by atoms with Crippen LogP contribution in [0.25, 0.3) is 16.6 Å². The van der Waals surface area contributed by atoms with Crippen molar-refractivity contribution in [3.63, 3.8) is 0 Å². The molecule has 33 heavy (non-hydrogen) atoms. The van der Waals surface area contributed by atoms with Gasteiger partial charge in [0, 0.05) is 43.6 Å². The second-order valence-corrected chi connectivity index (χ2v) is 8.44. The monoisotopic (exact) mass is 441 g/mol. The molecule has 5 rings (SSSR count). The summed E-state index contributed by atoms with van der Waals surface area (Å²) in [5, 5.41) is 9.85. The molecule has 1 aliphatic rings. The first-order valence-corrected chi connectivity index (χ1v) is 11.2. The third kappa shape index (κ3) is 4.37. The molecule has 3 heterocycles. The van der Waals surface area contributed by atoms with Crippen molar-refractivity contribution >= 4 is 28.3 Å². The van der Waals surface area contributed by atoms with Gasteiger partial charge in [-0.25, -0.2) is 19.4 Å². The van der Waals surface area contributed by atoms with E-state index in [0.717, 1.165) is 39.5 Å². The minimum absolute atomic E-state index is 0.0767. The van der Waals surface area contributed by atoms with Crippen molar-refractivity contribution in [3.05, 3.63) is 71.8 Å². The van der Waals surface area contributed by atoms with Gasteiger partial charge in [0.05, 0.1) is 5.69 Å². The third-order valence-electron chi connectivity index (χ3n) is 5.93. The summed E-state index contributed by atoms with van der Waals surface area (Å²) in [6.45, 7) is 8.54. The zero-order valence-electron chi connectivity index (χ0n) is 19.1. The molecule has 0 spiro atoms. The van der Waals surface area contributed by atoms with E-state index in [2.05, 4.69) is 31.3 Å². The molecule has 4 aromatic rings. The lowest BCUT2D eigenvalue weighted by atomic mass is 10.1. The zero-order valence-corrected chi connectivity index (χ0v) is 19.1. The third-order valence-corrected chi connectivity index (χ3v) is 5.93. The van der Waals surface area contributed by atoms with Crippen molar-refractivity contribution in [1.82, 2.24) is 24.6 Å². The lowest BCUT2D eigenvalue weighted by molar-refractivity contribution is 0.208. The highest BCUT2D eigenvalue weighted by Crippen LogP contribution is 2.21. The number of nitrogens with zero attached hydrogens (tertiary/aromatic N) is 6. The van der Waals surface area contributed by atoms with E-state index in [1.807, 2.05) is 78.9 Å². The molecule has 1 fully saturated rings. The SMILES string of the molecule is Cc1cc(C)n(-c2cc(N3CCN(C(=O)Nc4ccc5ccccc5c4)CC3)nc(C)n2)n1. The molecule has 0 saturated carbocycles. The summed E-state index contributed by atoms with van der Waals surface area (Å²) in [5.74, 6) is 2.32. The highest BCUT2D eigenvalue weighted by molar-refractivity contribution is 5.93. The predicted molar refractivity (Wildman–Crippen MR) is 130 cm³/mol. The van der Waals surface area contributed by atoms with Crippen molar-refractivity contribution in [2.75, 3.05) is 36.4 Å². The van der Waals surface area contributed by atoms with Gasteiger partial charge in [-0.1, -0.05) is 30.3 Å². The van der Waals surface area contributed by atoms with Crippen LogP contribution in [0.1, 0.15) is 17.2 Å². The van der Waals surface area contributed by atoms with Crippen LogP contribution in [0.2, 0.25) is 0 Å². The Morgan fingerprint density at radius 1 is 0.848 bits per heavy atom. The molecule has 2 amide bonds. The quantitative estimate of drug-likeness (QED) is 0.518. The van der Waals surface area contributed by atoms with Gasteiger partial charge in [0.25, 0.3) is 0 Å². The Balaban J connectivity index is 1.26. The first kappa shape index (κ1) is 20.9. The second kappa shape index (κ2) is 8.54. The highest BCUT2D eigenvalue weighted by Gasteiger charge is 2.23. The maximum absolute atomic E-state index is 12.8. The summed E-state index contributed by atoms with van der Waals surface area (Å²) < 4.78 is 1.85. The number of anilines is 2. The van der Waals surface area contributed by atoms with Crippen molar-refractivity contribution in [2.45, 2.75) is 20.8 Å². The van der Waals surface area contributed by atoms with Crippen molar-refractivity contribution in [3.8, 4) is 5.82 Å². The number of urea groups is 1. The lowest BCUT2D eigenvalue weighted by Gasteiger charge is -2.35. The number of aromatic nitrogens is 4. The number of aryl methyl sites for hydroxylation is 3. The number of piperazine rings is 1. The van der Waals surface area contributed by atoms with E-state index in [4.69, 9.17) is 0 Å². The fourth-order valence-electron chi connectivity index (χ4n) is 4.28. The summed E-state index contributed by atoms with van der Waals surface area (Å²) in [6.07, 6.45) is 0. The first-order valence-electron chi connectivity index (χ1n) is 11.2. The number of rotatable bonds is 3. The largest absolute Gasteiger partial charge is 0.353 e. The first-order chi connectivity index (χ1) is 16.0. The van der Waals surface area contributed by atoms with E-state index in [0.29, 0.717) is 32.0 Å². The minimum Gasteiger partial charge on any atom is -0.353 e. The van der Waals surface area contributed by atoms with Gasteiger partial charge in [-0.3, -0.25) is 0 Å². The number of amides is 2. The Morgan fingerprint density at radius 2 is 1.58 bits per heavy atom. The Bertz CT molecular complexity index is 1320. The summed E-state index contributed by atoms with van der Waals surface area (Å²) >= 11 is 0. The maximum atomic E-state index is 12.8. The topological polar surface area (TPSA) is 79.2 Å². The molecule has 1 aliphatic heterocycles.